The molecule has 1 N–H and O–H groups in total. The molecule has 24 heavy (non-hydrogen) atoms. The first-order chi connectivity index (χ1) is 11.7. The van der Waals surface area contributed by atoms with Crippen molar-refractivity contribution < 1.29 is 14.2 Å². The summed E-state index contributed by atoms with van der Waals surface area (Å²) in [6.07, 6.45) is 1.65. The third kappa shape index (κ3) is 3.77. The van der Waals surface area contributed by atoms with Crippen LogP contribution in [0.2, 0.25) is 0 Å². The van der Waals surface area contributed by atoms with Crippen LogP contribution in [0.15, 0.2) is 48.5 Å². The van der Waals surface area contributed by atoms with Gasteiger partial charge in [0.25, 0.3) is 0 Å². The number of aliphatic hydroxyl groups excluding tert-OH is 1. The van der Waals surface area contributed by atoms with Crippen LogP contribution in [-0.2, 0) is 0 Å². The summed E-state index contributed by atoms with van der Waals surface area (Å²) in [5.74, 6) is -0.333. The number of methoxy groups -OCH3 is 1. The molecule has 2 aromatic rings. The van der Waals surface area contributed by atoms with Crippen LogP contribution in [0.4, 0.5) is 4.39 Å². The van der Waals surface area contributed by atoms with Crippen LogP contribution < -0.4 is 4.74 Å². The molecule has 1 heterocycles. The summed E-state index contributed by atoms with van der Waals surface area (Å²) >= 11 is 0. The second kappa shape index (κ2) is 7.77. The molecule has 1 aliphatic heterocycles. The number of hydrogen-bond acceptors (Lipinski definition) is 3. The third-order valence-electron chi connectivity index (χ3n) is 4.78. The van der Waals surface area contributed by atoms with E-state index in [0.717, 1.165) is 25.2 Å². The lowest BCUT2D eigenvalue weighted by molar-refractivity contribution is 0.122. The van der Waals surface area contributed by atoms with E-state index < -0.39 is 11.9 Å². The molecule has 1 aliphatic rings. The maximum atomic E-state index is 14.0. The zero-order valence-corrected chi connectivity index (χ0v) is 14.0. The molecule has 2 atom stereocenters. The van der Waals surface area contributed by atoms with E-state index in [4.69, 9.17) is 4.74 Å². The number of likely N-dealkylation sites (tertiary alicyclic amines) is 1. The van der Waals surface area contributed by atoms with Gasteiger partial charge in [-0.05, 0) is 49.2 Å². The summed E-state index contributed by atoms with van der Waals surface area (Å²) in [6, 6.07) is 14.7. The molecule has 1 fully saturated rings. The zero-order chi connectivity index (χ0) is 16.9. The molecular formula is C20H24FNO2. The Morgan fingerprint density at radius 2 is 1.79 bits per heavy atom. The summed E-state index contributed by atoms with van der Waals surface area (Å²) in [7, 11) is 1.44. The number of nitrogens with zero attached hydrogens (tertiary/aromatic N) is 1. The monoisotopic (exact) mass is 329 g/mol. The Hall–Kier alpha value is -1.91. The average molecular weight is 329 g/mol. The van der Waals surface area contributed by atoms with Crippen molar-refractivity contribution in [1.29, 1.82) is 0 Å². The Bertz CT molecular complexity index is 656. The second-order valence-corrected chi connectivity index (χ2v) is 6.36. The lowest BCUT2D eigenvalue weighted by Crippen LogP contribution is -2.29. The Labute approximate surface area is 142 Å². The van der Waals surface area contributed by atoms with Gasteiger partial charge in [-0.2, -0.15) is 0 Å². The predicted octanol–water partition coefficient (Wildman–Crippen LogP) is 3.75. The highest BCUT2D eigenvalue weighted by Crippen LogP contribution is 2.34. The Kier molecular flexibility index (Phi) is 5.48. The first kappa shape index (κ1) is 16.9. The van der Waals surface area contributed by atoms with Gasteiger partial charge >= 0.3 is 0 Å². The van der Waals surface area contributed by atoms with Crippen LogP contribution in [0.25, 0.3) is 0 Å². The van der Waals surface area contributed by atoms with E-state index in [1.165, 1.54) is 26.0 Å². The number of hydrogen-bond donors (Lipinski definition) is 1. The molecule has 128 valence electrons. The van der Waals surface area contributed by atoms with Crippen LogP contribution in [0, 0.1) is 5.82 Å². The smallest absolute Gasteiger partial charge is 0.165 e. The molecule has 3 nitrogen and oxygen atoms in total. The minimum absolute atomic E-state index is 0.0860. The average Bonchev–Trinajstić information content (AvgIpc) is 3.13. The van der Waals surface area contributed by atoms with Crippen LogP contribution in [0.3, 0.4) is 0 Å². The quantitative estimate of drug-likeness (QED) is 0.876. The summed E-state index contributed by atoms with van der Waals surface area (Å²) in [5.41, 5.74) is 1.66. The number of halogens is 1. The number of ether oxygens (including phenoxy) is 1. The van der Waals surface area contributed by atoms with E-state index in [9.17, 15) is 9.50 Å². The Morgan fingerprint density at radius 1 is 1.08 bits per heavy atom. The van der Waals surface area contributed by atoms with E-state index in [1.54, 1.807) is 12.1 Å². The molecule has 0 amide bonds. The first-order valence-corrected chi connectivity index (χ1v) is 8.48. The molecule has 1 saturated heterocycles. The molecule has 0 spiro atoms. The molecule has 4 heteroatoms. The Balaban J connectivity index is 1.87. The molecule has 0 aromatic heterocycles. The summed E-state index contributed by atoms with van der Waals surface area (Å²) in [5, 5.41) is 10.9. The number of benzene rings is 2. The Morgan fingerprint density at radius 3 is 2.42 bits per heavy atom. The van der Waals surface area contributed by atoms with Crippen molar-refractivity contribution in [3.63, 3.8) is 0 Å². The van der Waals surface area contributed by atoms with Gasteiger partial charge in [0.15, 0.2) is 11.6 Å². The van der Waals surface area contributed by atoms with Gasteiger partial charge in [-0.15, -0.1) is 0 Å². The van der Waals surface area contributed by atoms with Gasteiger partial charge in [0.2, 0.25) is 0 Å². The van der Waals surface area contributed by atoms with Gasteiger partial charge in [0, 0.05) is 12.5 Å². The van der Waals surface area contributed by atoms with E-state index in [2.05, 4.69) is 4.90 Å². The van der Waals surface area contributed by atoms with Crippen molar-refractivity contribution in [2.45, 2.75) is 24.9 Å². The van der Waals surface area contributed by atoms with E-state index in [-0.39, 0.29) is 11.7 Å². The van der Waals surface area contributed by atoms with Crippen LogP contribution >= 0.6 is 0 Å². The minimum Gasteiger partial charge on any atom is -0.494 e. The van der Waals surface area contributed by atoms with Crippen molar-refractivity contribution in [3.05, 3.63) is 65.5 Å². The van der Waals surface area contributed by atoms with E-state index >= 15 is 0 Å². The molecule has 0 radical (unpaired) electrons. The summed E-state index contributed by atoms with van der Waals surface area (Å²) in [6.45, 7) is 2.90. The molecule has 2 unspecified atom stereocenters. The van der Waals surface area contributed by atoms with Gasteiger partial charge in [0.1, 0.15) is 0 Å². The SMILES string of the molecule is COc1ccc(C(O)C(CN2CCCC2)c2ccccc2)cc1F. The highest BCUT2D eigenvalue weighted by atomic mass is 19.1. The van der Waals surface area contributed by atoms with Crippen LogP contribution in [-0.4, -0.2) is 36.8 Å². The van der Waals surface area contributed by atoms with Crippen molar-refractivity contribution in [3.8, 4) is 5.75 Å². The molecule has 0 bridgehead atoms. The standard InChI is InChI=1S/C20H24FNO2/c1-24-19-10-9-16(13-18(19)21)20(23)17(14-22-11-5-6-12-22)15-7-3-2-4-8-15/h2-4,7-10,13,17,20,23H,5-6,11-12,14H2,1H3. The topological polar surface area (TPSA) is 32.7 Å². The fourth-order valence-corrected chi connectivity index (χ4v) is 3.43. The first-order valence-electron chi connectivity index (χ1n) is 8.48. The second-order valence-electron chi connectivity index (χ2n) is 6.36. The van der Waals surface area contributed by atoms with Gasteiger partial charge in [-0.3, -0.25) is 0 Å². The van der Waals surface area contributed by atoms with Crippen molar-refractivity contribution in [2.24, 2.45) is 0 Å². The third-order valence-corrected chi connectivity index (χ3v) is 4.78. The maximum absolute atomic E-state index is 14.0. The normalized spacial score (nSPS) is 17.6. The fraction of sp³-hybridized carbons (Fsp3) is 0.400. The van der Waals surface area contributed by atoms with Crippen molar-refractivity contribution in [2.75, 3.05) is 26.7 Å². The number of rotatable bonds is 6. The summed E-state index contributed by atoms with van der Waals surface area (Å²) in [4.78, 5) is 2.38. The predicted molar refractivity (Wildman–Crippen MR) is 92.8 cm³/mol. The van der Waals surface area contributed by atoms with Crippen LogP contribution in [0.1, 0.15) is 36.0 Å². The highest BCUT2D eigenvalue weighted by molar-refractivity contribution is 5.33. The van der Waals surface area contributed by atoms with Crippen molar-refractivity contribution >= 4 is 0 Å². The molecule has 3 rings (SSSR count). The minimum atomic E-state index is -0.756. The van der Waals surface area contributed by atoms with Gasteiger partial charge < -0.3 is 14.7 Å². The van der Waals surface area contributed by atoms with E-state index in [0.29, 0.717) is 5.56 Å². The largest absolute Gasteiger partial charge is 0.494 e. The molecule has 0 saturated carbocycles. The van der Waals surface area contributed by atoms with Crippen LogP contribution in [0.5, 0.6) is 5.75 Å². The van der Waals surface area contributed by atoms with Gasteiger partial charge in [-0.1, -0.05) is 36.4 Å². The molecular weight excluding hydrogens is 305 g/mol. The molecule has 0 aliphatic carbocycles. The zero-order valence-electron chi connectivity index (χ0n) is 14.0. The number of aliphatic hydroxyl groups is 1. The summed E-state index contributed by atoms with van der Waals surface area (Å²) < 4.78 is 19.0. The maximum Gasteiger partial charge on any atom is 0.165 e. The van der Waals surface area contributed by atoms with Crippen molar-refractivity contribution in [1.82, 2.24) is 4.90 Å². The van der Waals surface area contributed by atoms with E-state index in [1.807, 2.05) is 30.3 Å². The lowest BCUT2D eigenvalue weighted by atomic mass is 9.88. The lowest BCUT2D eigenvalue weighted by Gasteiger charge is -2.28. The van der Waals surface area contributed by atoms with Gasteiger partial charge in [0.05, 0.1) is 13.2 Å². The fourth-order valence-electron chi connectivity index (χ4n) is 3.43. The van der Waals surface area contributed by atoms with Gasteiger partial charge in [-0.25, -0.2) is 4.39 Å². The highest BCUT2D eigenvalue weighted by Gasteiger charge is 2.27. The molecule has 2 aromatic carbocycles.